The van der Waals surface area contributed by atoms with E-state index in [1.165, 1.54) is 44.6 Å². The summed E-state index contributed by atoms with van der Waals surface area (Å²) in [6, 6.07) is 4.41. The zero-order valence-electron chi connectivity index (χ0n) is 11.8. The lowest BCUT2D eigenvalue weighted by atomic mass is 9.87. The van der Waals surface area contributed by atoms with E-state index in [4.69, 9.17) is 5.73 Å². The molecule has 0 aromatic heterocycles. The van der Waals surface area contributed by atoms with Crippen LogP contribution in [0.5, 0.6) is 0 Å². The molecule has 1 aromatic carbocycles. The molecule has 0 saturated heterocycles. The van der Waals surface area contributed by atoms with Crippen LogP contribution in [-0.4, -0.2) is 12.5 Å². The summed E-state index contributed by atoms with van der Waals surface area (Å²) in [5, 5.41) is 3.28. The summed E-state index contributed by atoms with van der Waals surface area (Å²) in [7, 11) is 0. The molecule has 1 fully saturated rings. The molecule has 0 unspecified atom stereocenters. The second-order valence-electron chi connectivity index (χ2n) is 5.64. The van der Waals surface area contributed by atoms with Crippen LogP contribution in [0, 0.1) is 11.7 Å². The Balaban J connectivity index is 1.74. The van der Waals surface area contributed by atoms with Crippen molar-refractivity contribution in [2.75, 3.05) is 6.54 Å². The van der Waals surface area contributed by atoms with Crippen LogP contribution in [0.25, 0.3) is 0 Å². The summed E-state index contributed by atoms with van der Waals surface area (Å²) in [5.74, 6) is -0.134. The van der Waals surface area contributed by atoms with E-state index in [1.54, 1.807) is 12.1 Å². The molecule has 0 spiro atoms. The number of primary amides is 1. The van der Waals surface area contributed by atoms with Crippen molar-refractivity contribution in [2.45, 2.75) is 45.1 Å². The molecule has 0 aliphatic heterocycles. The fraction of sp³-hybridized carbons (Fsp3) is 0.562. The van der Waals surface area contributed by atoms with Gasteiger partial charge in [-0.3, -0.25) is 4.79 Å². The Kier molecular flexibility index (Phi) is 5.53. The molecule has 0 atom stereocenters. The average molecular weight is 278 g/mol. The highest BCUT2D eigenvalue weighted by Gasteiger charge is 2.12. The van der Waals surface area contributed by atoms with Gasteiger partial charge in [-0.15, -0.1) is 0 Å². The van der Waals surface area contributed by atoms with E-state index in [1.807, 2.05) is 0 Å². The lowest BCUT2D eigenvalue weighted by Gasteiger charge is -2.21. The third kappa shape index (κ3) is 4.30. The van der Waals surface area contributed by atoms with Crippen LogP contribution in [0.4, 0.5) is 4.39 Å². The Morgan fingerprint density at radius 2 is 2.05 bits per heavy atom. The smallest absolute Gasteiger partial charge is 0.248 e. The van der Waals surface area contributed by atoms with E-state index >= 15 is 0 Å². The van der Waals surface area contributed by atoms with E-state index in [9.17, 15) is 9.18 Å². The molecule has 3 nitrogen and oxygen atoms in total. The minimum atomic E-state index is -0.597. The molecule has 1 aliphatic carbocycles. The summed E-state index contributed by atoms with van der Waals surface area (Å²) < 4.78 is 13.7. The lowest BCUT2D eigenvalue weighted by molar-refractivity contribution is 0.1000. The van der Waals surface area contributed by atoms with Crippen LogP contribution in [0.1, 0.15) is 54.4 Å². The third-order valence-electron chi connectivity index (χ3n) is 4.11. The SMILES string of the molecule is NC(=O)c1ccc(CNCCC2CCCCC2)c(F)c1. The van der Waals surface area contributed by atoms with Crippen molar-refractivity contribution in [3.05, 3.63) is 35.1 Å². The van der Waals surface area contributed by atoms with Gasteiger partial charge in [0.2, 0.25) is 5.91 Å². The highest BCUT2D eigenvalue weighted by Crippen LogP contribution is 2.25. The molecule has 1 aromatic rings. The first-order chi connectivity index (χ1) is 9.66. The standard InChI is InChI=1S/C16H23FN2O/c17-15-10-13(16(18)20)6-7-14(15)11-19-9-8-12-4-2-1-3-5-12/h6-7,10,12,19H,1-5,8-9,11H2,(H2,18,20). The molecule has 1 aliphatic rings. The molecule has 0 heterocycles. The molecule has 1 amide bonds. The first kappa shape index (κ1) is 15.0. The zero-order chi connectivity index (χ0) is 14.4. The van der Waals surface area contributed by atoms with Gasteiger partial charge in [0, 0.05) is 17.7 Å². The Morgan fingerprint density at radius 1 is 1.30 bits per heavy atom. The third-order valence-corrected chi connectivity index (χ3v) is 4.11. The Hall–Kier alpha value is -1.42. The van der Waals surface area contributed by atoms with Gasteiger partial charge in [-0.2, -0.15) is 0 Å². The Morgan fingerprint density at radius 3 is 2.70 bits per heavy atom. The number of carbonyl (C=O) groups excluding carboxylic acids is 1. The quantitative estimate of drug-likeness (QED) is 0.786. The zero-order valence-corrected chi connectivity index (χ0v) is 11.8. The second-order valence-corrected chi connectivity index (χ2v) is 5.64. The summed E-state index contributed by atoms with van der Waals surface area (Å²) >= 11 is 0. The van der Waals surface area contributed by atoms with Crippen LogP contribution >= 0.6 is 0 Å². The normalized spacial score (nSPS) is 16.2. The van der Waals surface area contributed by atoms with Crippen molar-refractivity contribution in [3.8, 4) is 0 Å². The van der Waals surface area contributed by atoms with Gasteiger partial charge in [-0.25, -0.2) is 4.39 Å². The summed E-state index contributed by atoms with van der Waals surface area (Å²) in [4.78, 5) is 10.9. The van der Waals surface area contributed by atoms with Gasteiger partial charge in [0.05, 0.1) is 0 Å². The molecule has 3 N–H and O–H groups in total. The predicted molar refractivity (Wildman–Crippen MR) is 77.8 cm³/mol. The second kappa shape index (κ2) is 7.39. The number of nitrogens with two attached hydrogens (primary N) is 1. The number of amides is 1. The molecule has 0 radical (unpaired) electrons. The van der Waals surface area contributed by atoms with E-state index in [0.29, 0.717) is 12.1 Å². The molecule has 4 heteroatoms. The van der Waals surface area contributed by atoms with Crippen LogP contribution in [0.3, 0.4) is 0 Å². The van der Waals surface area contributed by atoms with E-state index in [2.05, 4.69) is 5.32 Å². The van der Waals surface area contributed by atoms with Crippen molar-refractivity contribution in [1.29, 1.82) is 0 Å². The van der Waals surface area contributed by atoms with Crippen LogP contribution in [-0.2, 0) is 6.54 Å². The average Bonchev–Trinajstić information content (AvgIpc) is 2.46. The topological polar surface area (TPSA) is 55.1 Å². The number of rotatable bonds is 6. The van der Waals surface area contributed by atoms with Crippen LogP contribution < -0.4 is 11.1 Å². The molecule has 0 bridgehead atoms. The van der Waals surface area contributed by atoms with Crippen LogP contribution in [0.2, 0.25) is 0 Å². The Labute approximate surface area is 119 Å². The molecule has 20 heavy (non-hydrogen) atoms. The monoisotopic (exact) mass is 278 g/mol. The van der Waals surface area contributed by atoms with E-state index in [0.717, 1.165) is 12.5 Å². The van der Waals surface area contributed by atoms with Gasteiger partial charge in [0.25, 0.3) is 0 Å². The fourth-order valence-electron chi connectivity index (χ4n) is 2.85. The van der Waals surface area contributed by atoms with Gasteiger partial charge in [0.15, 0.2) is 0 Å². The van der Waals surface area contributed by atoms with Crippen molar-refractivity contribution in [1.82, 2.24) is 5.32 Å². The first-order valence-corrected chi connectivity index (χ1v) is 7.46. The number of benzene rings is 1. The highest BCUT2D eigenvalue weighted by molar-refractivity contribution is 5.92. The van der Waals surface area contributed by atoms with E-state index < -0.39 is 5.91 Å². The molecule has 1 saturated carbocycles. The van der Waals surface area contributed by atoms with E-state index in [-0.39, 0.29) is 11.4 Å². The number of hydrogen-bond donors (Lipinski definition) is 2. The van der Waals surface area contributed by atoms with Gasteiger partial charge in [-0.1, -0.05) is 38.2 Å². The van der Waals surface area contributed by atoms with Crippen molar-refractivity contribution in [2.24, 2.45) is 11.7 Å². The number of hydrogen-bond acceptors (Lipinski definition) is 2. The number of halogens is 1. The lowest BCUT2D eigenvalue weighted by Crippen LogP contribution is -2.20. The largest absolute Gasteiger partial charge is 0.366 e. The highest BCUT2D eigenvalue weighted by atomic mass is 19.1. The predicted octanol–water partition coefficient (Wildman–Crippen LogP) is 2.98. The summed E-state index contributed by atoms with van der Waals surface area (Å²) in [5.41, 5.74) is 5.91. The van der Waals surface area contributed by atoms with Gasteiger partial charge < -0.3 is 11.1 Å². The minimum absolute atomic E-state index is 0.216. The maximum absolute atomic E-state index is 13.7. The fourth-order valence-corrected chi connectivity index (χ4v) is 2.85. The molecular weight excluding hydrogens is 255 g/mol. The van der Waals surface area contributed by atoms with Crippen molar-refractivity contribution >= 4 is 5.91 Å². The van der Waals surface area contributed by atoms with Gasteiger partial charge in [0.1, 0.15) is 5.82 Å². The van der Waals surface area contributed by atoms with Gasteiger partial charge in [-0.05, 0) is 31.0 Å². The first-order valence-electron chi connectivity index (χ1n) is 7.46. The maximum Gasteiger partial charge on any atom is 0.248 e. The summed E-state index contributed by atoms with van der Waals surface area (Å²) in [6.07, 6.45) is 7.93. The van der Waals surface area contributed by atoms with Crippen LogP contribution in [0.15, 0.2) is 18.2 Å². The molecule has 110 valence electrons. The molecular formula is C16H23FN2O. The van der Waals surface area contributed by atoms with Crippen molar-refractivity contribution < 1.29 is 9.18 Å². The molecule has 2 rings (SSSR count). The number of carbonyl (C=O) groups is 1. The maximum atomic E-state index is 13.7. The summed E-state index contributed by atoms with van der Waals surface area (Å²) in [6.45, 7) is 1.42. The van der Waals surface area contributed by atoms with Crippen molar-refractivity contribution in [3.63, 3.8) is 0 Å². The van der Waals surface area contributed by atoms with Gasteiger partial charge >= 0.3 is 0 Å². The number of nitrogens with one attached hydrogen (secondary N) is 1. The minimum Gasteiger partial charge on any atom is -0.366 e. The Bertz CT molecular complexity index is 456.